The Labute approximate surface area is 206 Å². The van der Waals surface area contributed by atoms with Crippen LogP contribution in [-0.4, -0.2) is 53.3 Å². The van der Waals surface area contributed by atoms with Gasteiger partial charge in [0.15, 0.2) is 11.2 Å². The van der Waals surface area contributed by atoms with Gasteiger partial charge in [-0.25, -0.2) is 0 Å². The lowest BCUT2D eigenvalue weighted by Gasteiger charge is -2.40. The first-order valence-electron chi connectivity index (χ1n) is 10.9. The van der Waals surface area contributed by atoms with E-state index in [4.69, 9.17) is 9.47 Å². The largest absolute Gasteiger partial charge is 0.495 e. The van der Waals surface area contributed by atoms with Crippen LogP contribution in [0.25, 0.3) is 0 Å². The zero-order valence-electron chi connectivity index (χ0n) is 19.0. The Balaban J connectivity index is 1.89. The van der Waals surface area contributed by atoms with Crippen molar-refractivity contribution in [3.8, 4) is 11.5 Å². The lowest BCUT2D eigenvalue weighted by Crippen LogP contribution is -2.52. The van der Waals surface area contributed by atoms with E-state index in [2.05, 4.69) is 20.9 Å². The second-order valence-electron chi connectivity index (χ2n) is 8.92. The molecular weight excluding hydrogens is 500 g/mol. The van der Waals surface area contributed by atoms with Crippen LogP contribution in [0.4, 0.5) is 0 Å². The van der Waals surface area contributed by atoms with E-state index < -0.39 is 29.1 Å². The molecular formula is C26H25BrN2O5. The van der Waals surface area contributed by atoms with Crippen LogP contribution < -0.4 is 9.47 Å². The van der Waals surface area contributed by atoms with E-state index in [1.54, 1.807) is 14.1 Å². The van der Waals surface area contributed by atoms with Gasteiger partial charge in [0.1, 0.15) is 17.6 Å². The van der Waals surface area contributed by atoms with E-state index >= 15 is 0 Å². The molecule has 1 aliphatic heterocycles. The number of halogens is 1. The Kier molecular flexibility index (Phi) is 5.42. The molecule has 176 valence electrons. The molecule has 2 aromatic carbocycles. The van der Waals surface area contributed by atoms with Crippen molar-refractivity contribution in [3.63, 3.8) is 0 Å². The minimum Gasteiger partial charge on any atom is -0.495 e. The molecule has 2 N–H and O–H groups in total. The minimum atomic E-state index is -2.00. The van der Waals surface area contributed by atoms with Crippen LogP contribution in [0.2, 0.25) is 0 Å². The topological polar surface area (TPSA) is 92.1 Å². The number of carbonyl (C=O) groups excluding carboxylic acids is 1. The van der Waals surface area contributed by atoms with E-state index in [1.165, 1.54) is 24.4 Å². The van der Waals surface area contributed by atoms with Crippen molar-refractivity contribution in [3.05, 3.63) is 88.2 Å². The highest BCUT2D eigenvalue weighted by molar-refractivity contribution is 9.10. The number of hydrogen-bond donors (Lipinski definition) is 2. The molecule has 2 heterocycles. The quantitative estimate of drug-likeness (QED) is 0.544. The molecule has 0 spiro atoms. The fourth-order valence-corrected chi connectivity index (χ4v) is 5.93. The smallest absolute Gasteiger partial charge is 0.228 e. The van der Waals surface area contributed by atoms with Gasteiger partial charge in [-0.15, -0.1) is 0 Å². The number of amides is 1. The first-order valence-corrected chi connectivity index (χ1v) is 11.7. The number of fused-ring (bicyclic) bond motifs is 3. The highest BCUT2D eigenvalue weighted by Crippen LogP contribution is 2.69. The maximum absolute atomic E-state index is 13.6. The van der Waals surface area contributed by atoms with E-state index in [0.717, 1.165) is 10.0 Å². The van der Waals surface area contributed by atoms with Crippen molar-refractivity contribution in [2.24, 2.45) is 5.92 Å². The molecule has 1 aromatic heterocycles. The van der Waals surface area contributed by atoms with Gasteiger partial charge in [-0.3, -0.25) is 9.78 Å². The highest BCUT2D eigenvalue weighted by atomic mass is 79.9. The second kappa shape index (κ2) is 8.08. The third kappa shape index (κ3) is 2.88. The first-order chi connectivity index (χ1) is 16.3. The lowest BCUT2D eigenvalue weighted by molar-refractivity contribution is -0.156. The number of nitrogens with zero attached hydrogens (tertiary/aromatic N) is 2. The van der Waals surface area contributed by atoms with Gasteiger partial charge in [0, 0.05) is 24.5 Å². The number of aliphatic hydroxyl groups is 2. The monoisotopic (exact) mass is 524 g/mol. The van der Waals surface area contributed by atoms with E-state index in [-0.39, 0.29) is 17.2 Å². The van der Waals surface area contributed by atoms with Crippen LogP contribution in [0, 0.1) is 5.92 Å². The van der Waals surface area contributed by atoms with E-state index in [1.807, 2.05) is 54.6 Å². The summed E-state index contributed by atoms with van der Waals surface area (Å²) in [7, 11) is 4.75. The van der Waals surface area contributed by atoms with Gasteiger partial charge in [0.25, 0.3) is 0 Å². The molecule has 0 saturated heterocycles. The molecule has 5 unspecified atom stereocenters. The van der Waals surface area contributed by atoms with E-state index in [9.17, 15) is 15.0 Å². The molecule has 1 aliphatic carbocycles. The van der Waals surface area contributed by atoms with Gasteiger partial charge in [-0.05, 0) is 23.3 Å². The third-order valence-corrected chi connectivity index (χ3v) is 7.57. The number of aliphatic hydroxyl groups excluding tert-OH is 1. The molecule has 0 bridgehead atoms. The fourth-order valence-electron chi connectivity index (χ4n) is 5.67. The van der Waals surface area contributed by atoms with Gasteiger partial charge < -0.3 is 24.6 Å². The summed E-state index contributed by atoms with van der Waals surface area (Å²) in [6.45, 7) is 0. The van der Waals surface area contributed by atoms with Crippen LogP contribution in [0.1, 0.15) is 22.6 Å². The molecule has 7 nitrogen and oxygen atoms in total. The summed E-state index contributed by atoms with van der Waals surface area (Å²) in [4.78, 5) is 19.2. The number of methoxy groups -OCH3 is 1. The fraction of sp³-hybridized carbons (Fsp3) is 0.308. The molecule has 34 heavy (non-hydrogen) atoms. The van der Waals surface area contributed by atoms with Gasteiger partial charge in [-0.2, -0.15) is 0 Å². The van der Waals surface area contributed by atoms with Gasteiger partial charge >= 0.3 is 0 Å². The zero-order valence-corrected chi connectivity index (χ0v) is 20.6. The number of ether oxygens (including phenoxy) is 2. The van der Waals surface area contributed by atoms with Crippen LogP contribution in [0.15, 0.2) is 71.5 Å². The predicted octanol–water partition coefficient (Wildman–Crippen LogP) is 3.19. The number of aromatic nitrogens is 1. The Hall–Kier alpha value is -2.94. The summed E-state index contributed by atoms with van der Waals surface area (Å²) in [5.74, 6) is -1.43. The van der Waals surface area contributed by atoms with Gasteiger partial charge in [-0.1, -0.05) is 58.4 Å². The Morgan fingerprint density at radius 1 is 1.12 bits per heavy atom. The number of hydrogen-bond acceptors (Lipinski definition) is 6. The SMILES string of the molecule is COc1cncc2c1C1(O)C(O)C(C(=O)N(C)C)C(c3ccccc3)C1(c1ccc(Br)cc1)O2. The summed E-state index contributed by atoms with van der Waals surface area (Å²) in [6.07, 6.45) is 1.49. The summed E-state index contributed by atoms with van der Waals surface area (Å²) < 4.78 is 13.0. The standard InChI is InChI=1S/C26H25BrN2O5/c1-29(2)24(31)20-21(15-7-5-4-6-8-15)26(16-9-11-17(27)12-10-16)25(32,23(20)30)22-18(33-3)13-28-14-19(22)34-26/h4-14,20-21,23,30,32H,1-3H3. The number of carbonyl (C=O) groups is 1. The number of rotatable bonds is 4. The lowest BCUT2D eigenvalue weighted by atomic mass is 9.70. The summed E-state index contributed by atoms with van der Waals surface area (Å²) in [6, 6.07) is 16.8. The average molecular weight is 525 g/mol. The number of pyridine rings is 1. The molecule has 1 fully saturated rings. The highest BCUT2D eigenvalue weighted by Gasteiger charge is 2.78. The third-order valence-electron chi connectivity index (χ3n) is 7.04. The van der Waals surface area contributed by atoms with Crippen molar-refractivity contribution in [1.29, 1.82) is 0 Å². The first kappa shape index (κ1) is 22.8. The van der Waals surface area contributed by atoms with E-state index in [0.29, 0.717) is 11.3 Å². The van der Waals surface area contributed by atoms with Gasteiger partial charge in [0.2, 0.25) is 5.91 Å². The molecule has 0 radical (unpaired) electrons. The summed E-state index contributed by atoms with van der Waals surface area (Å²) >= 11 is 3.47. The predicted molar refractivity (Wildman–Crippen MR) is 129 cm³/mol. The zero-order chi connectivity index (χ0) is 24.3. The van der Waals surface area contributed by atoms with Crippen LogP contribution >= 0.6 is 15.9 Å². The maximum atomic E-state index is 13.6. The molecule has 1 amide bonds. The summed E-state index contributed by atoms with van der Waals surface area (Å²) in [5, 5.41) is 24.5. The van der Waals surface area contributed by atoms with Crippen molar-refractivity contribution in [1.82, 2.24) is 9.88 Å². The Bertz CT molecular complexity index is 1240. The molecule has 8 heteroatoms. The average Bonchev–Trinajstić information content (AvgIpc) is 3.22. The second-order valence-corrected chi connectivity index (χ2v) is 9.83. The molecule has 5 atom stereocenters. The van der Waals surface area contributed by atoms with Crippen LogP contribution in [-0.2, 0) is 16.0 Å². The Morgan fingerprint density at radius 2 is 1.79 bits per heavy atom. The molecule has 2 aliphatic rings. The van der Waals surface area contributed by atoms with Crippen molar-refractivity contribution < 1.29 is 24.5 Å². The molecule has 5 rings (SSSR count). The Morgan fingerprint density at radius 3 is 2.41 bits per heavy atom. The maximum Gasteiger partial charge on any atom is 0.228 e. The van der Waals surface area contributed by atoms with Crippen LogP contribution in [0.5, 0.6) is 11.5 Å². The molecule has 3 aromatic rings. The van der Waals surface area contributed by atoms with Gasteiger partial charge in [0.05, 0.1) is 31.0 Å². The number of benzene rings is 2. The minimum absolute atomic E-state index is 0.280. The normalized spacial score (nSPS) is 29.2. The van der Waals surface area contributed by atoms with Crippen LogP contribution in [0.3, 0.4) is 0 Å². The summed E-state index contributed by atoms with van der Waals surface area (Å²) in [5.41, 5.74) is -1.85. The van der Waals surface area contributed by atoms with Crippen molar-refractivity contribution in [2.75, 3.05) is 21.2 Å². The van der Waals surface area contributed by atoms with Crippen molar-refractivity contribution in [2.45, 2.75) is 23.2 Å². The molecule has 1 saturated carbocycles. The van der Waals surface area contributed by atoms with Crippen molar-refractivity contribution >= 4 is 21.8 Å².